The second-order valence-electron chi connectivity index (χ2n) is 10.8. The summed E-state index contributed by atoms with van der Waals surface area (Å²) in [6, 6.07) is 7.06. The Morgan fingerprint density at radius 3 is 2.43 bits per heavy atom. The number of nitrogens with one attached hydrogen (secondary N) is 2. The van der Waals surface area contributed by atoms with Crippen LogP contribution < -0.4 is 15.8 Å². The van der Waals surface area contributed by atoms with Gasteiger partial charge < -0.3 is 15.8 Å². The first-order valence-electron chi connectivity index (χ1n) is 13.9. The number of nitrogen functional groups attached to an aromatic ring is 1. The van der Waals surface area contributed by atoms with Crippen LogP contribution in [0.2, 0.25) is 0 Å². The third-order valence-electron chi connectivity index (χ3n) is 8.08. The lowest BCUT2D eigenvalue weighted by atomic mass is 9.81. The van der Waals surface area contributed by atoms with E-state index < -0.39 is 38.1 Å². The molecule has 2 fully saturated rings. The first kappa shape index (κ1) is 28.4. The number of ether oxygens (including phenoxy) is 1. The normalized spacial score (nSPS) is 19.6. The van der Waals surface area contributed by atoms with Gasteiger partial charge in [0.2, 0.25) is 0 Å². The molecule has 0 amide bonds. The van der Waals surface area contributed by atoms with E-state index in [9.17, 15) is 12.8 Å². The molecule has 0 spiro atoms. The van der Waals surface area contributed by atoms with Crippen molar-refractivity contribution in [2.24, 2.45) is 0 Å². The molecule has 9 nitrogen and oxygen atoms in total. The molecule has 3 heterocycles. The minimum atomic E-state index is -4.52. The summed E-state index contributed by atoms with van der Waals surface area (Å²) >= 11 is 0. The number of halogens is 3. The summed E-state index contributed by atoms with van der Waals surface area (Å²) in [5, 5.41) is 8.67. The quantitative estimate of drug-likeness (QED) is 0.262. The third-order valence-corrected chi connectivity index (χ3v) is 9.48. The molecule has 1 aliphatic heterocycles. The number of fused-ring (bicyclic) bond motifs is 1. The maximum absolute atomic E-state index is 15.6. The fourth-order valence-electron chi connectivity index (χ4n) is 5.88. The van der Waals surface area contributed by atoms with Gasteiger partial charge in [-0.1, -0.05) is 12.1 Å². The van der Waals surface area contributed by atoms with E-state index in [4.69, 9.17) is 10.5 Å². The predicted octanol–water partition coefficient (Wildman–Crippen LogP) is 4.93. The minimum Gasteiger partial charge on any atom is -0.383 e. The molecule has 1 saturated heterocycles. The van der Waals surface area contributed by atoms with Crippen LogP contribution in [0.5, 0.6) is 0 Å². The number of benzene rings is 2. The van der Waals surface area contributed by atoms with Gasteiger partial charge in [-0.15, -0.1) is 0 Å². The number of aromatic nitrogens is 3. The highest BCUT2D eigenvalue weighted by Crippen LogP contribution is 2.41. The monoisotopic (exact) mass is 600 g/mol. The van der Waals surface area contributed by atoms with Gasteiger partial charge in [-0.3, -0.25) is 9.40 Å². The van der Waals surface area contributed by atoms with Gasteiger partial charge in [-0.2, -0.15) is 5.10 Å². The van der Waals surface area contributed by atoms with Crippen LogP contribution in [0.1, 0.15) is 44.1 Å². The smallest absolute Gasteiger partial charge is 0.264 e. The molecule has 4 aromatic rings. The molecule has 2 aliphatic rings. The zero-order valence-corrected chi connectivity index (χ0v) is 23.7. The number of sulfonamides is 1. The first-order valence-corrected chi connectivity index (χ1v) is 15.4. The molecule has 13 heteroatoms. The highest BCUT2D eigenvalue weighted by atomic mass is 32.2. The molecule has 222 valence electrons. The Kier molecular flexibility index (Phi) is 7.58. The molecule has 0 bridgehead atoms. The van der Waals surface area contributed by atoms with E-state index in [1.807, 2.05) is 11.6 Å². The lowest BCUT2D eigenvalue weighted by molar-refractivity contribution is -0.0121. The molecule has 4 N–H and O–H groups in total. The molecule has 6 rings (SSSR count). The first-order chi connectivity index (χ1) is 20.2. The van der Waals surface area contributed by atoms with Crippen molar-refractivity contribution >= 4 is 32.4 Å². The third kappa shape index (κ3) is 5.20. The molecule has 2 aromatic heterocycles. The molecule has 0 atom stereocenters. The van der Waals surface area contributed by atoms with Crippen LogP contribution in [0.4, 0.5) is 24.7 Å². The summed E-state index contributed by atoms with van der Waals surface area (Å²) in [5.41, 5.74) is 7.25. The van der Waals surface area contributed by atoms with E-state index in [2.05, 4.69) is 15.4 Å². The number of pyridine rings is 1. The Morgan fingerprint density at radius 2 is 1.76 bits per heavy atom. The number of nitrogens with two attached hydrogens (primary N) is 1. The molecular weight excluding hydrogens is 569 g/mol. The topological polar surface area (TPSA) is 124 Å². The van der Waals surface area contributed by atoms with E-state index in [1.54, 1.807) is 10.9 Å². The van der Waals surface area contributed by atoms with Gasteiger partial charge in [-0.25, -0.2) is 26.6 Å². The van der Waals surface area contributed by atoms with Gasteiger partial charge in [0.1, 0.15) is 33.9 Å². The standard InChI is InChI=1S/C29H31F3N6O3S/c1-2-38-28-20(16-7-9-17(10-8-16)35-18-14-41-15-18)13-34-29(33)26(28)27(36-38)19-11-23(32)24(12-22(19)31)37-42(39,40)25-6-4-3-5-21(25)30/h3-6,11-13,16-18,35,37H,2,7-10,14-15H2,1H3,(H2,33,34). The van der Waals surface area contributed by atoms with Crippen LogP contribution in [0.3, 0.4) is 0 Å². The molecule has 1 saturated carbocycles. The fraction of sp³-hybridized carbons (Fsp3) is 0.379. The summed E-state index contributed by atoms with van der Waals surface area (Å²) in [6.07, 6.45) is 5.59. The average molecular weight is 601 g/mol. The SMILES string of the molecule is CCn1nc(-c2cc(F)c(NS(=O)(=O)c3ccccc3F)cc2F)c2c(N)ncc(C3CCC(NC4COC4)CC3)c21. The lowest BCUT2D eigenvalue weighted by Crippen LogP contribution is -2.51. The number of anilines is 2. The summed E-state index contributed by atoms with van der Waals surface area (Å²) in [6.45, 7) is 3.85. The Morgan fingerprint density at radius 1 is 1.02 bits per heavy atom. The van der Waals surface area contributed by atoms with Gasteiger partial charge in [0, 0.05) is 30.4 Å². The highest BCUT2D eigenvalue weighted by Gasteiger charge is 2.30. The molecule has 42 heavy (non-hydrogen) atoms. The molecule has 0 radical (unpaired) electrons. The van der Waals surface area contributed by atoms with Crippen LogP contribution in [-0.2, 0) is 21.3 Å². The second kappa shape index (κ2) is 11.2. The van der Waals surface area contributed by atoms with Crippen molar-refractivity contribution in [1.29, 1.82) is 0 Å². The number of rotatable bonds is 8. The molecule has 0 unspecified atom stereocenters. The minimum absolute atomic E-state index is 0.110. The predicted molar refractivity (Wildman–Crippen MR) is 153 cm³/mol. The highest BCUT2D eigenvalue weighted by molar-refractivity contribution is 7.92. The van der Waals surface area contributed by atoms with E-state index in [0.29, 0.717) is 24.0 Å². The number of aryl methyl sites for hydroxylation is 1. The van der Waals surface area contributed by atoms with Crippen molar-refractivity contribution in [1.82, 2.24) is 20.1 Å². The maximum Gasteiger partial charge on any atom is 0.264 e. The number of hydrogen-bond donors (Lipinski definition) is 3. The summed E-state index contributed by atoms with van der Waals surface area (Å²) in [7, 11) is -4.52. The maximum atomic E-state index is 15.6. The molecule has 1 aliphatic carbocycles. The Bertz CT molecular complexity index is 1750. The van der Waals surface area contributed by atoms with Crippen molar-refractivity contribution in [3.05, 3.63) is 65.6 Å². The Balaban J connectivity index is 1.34. The molecule has 2 aromatic carbocycles. The van der Waals surface area contributed by atoms with Gasteiger partial charge in [-0.05, 0) is 62.3 Å². The van der Waals surface area contributed by atoms with Crippen LogP contribution in [0, 0.1) is 17.5 Å². The van der Waals surface area contributed by atoms with Crippen LogP contribution >= 0.6 is 0 Å². The summed E-state index contributed by atoms with van der Waals surface area (Å²) in [5.74, 6) is -2.68. The van der Waals surface area contributed by atoms with Crippen molar-refractivity contribution in [2.45, 2.75) is 62.0 Å². The van der Waals surface area contributed by atoms with Crippen molar-refractivity contribution in [2.75, 3.05) is 23.7 Å². The summed E-state index contributed by atoms with van der Waals surface area (Å²) < 4.78 is 79.3. The lowest BCUT2D eigenvalue weighted by Gasteiger charge is -2.35. The van der Waals surface area contributed by atoms with E-state index in [1.165, 1.54) is 12.1 Å². The number of hydrogen-bond acceptors (Lipinski definition) is 7. The van der Waals surface area contributed by atoms with Gasteiger partial charge in [0.05, 0.1) is 35.8 Å². The fourth-order valence-corrected chi connectivity index (χ4v) is 7.02. The largest absolute Gasteiger partial charge is 0.383 e. The second-order valence-corrected chi connectivity index (χ2v) is 12.4. The Labute approximate surface area is 241 Å². The van der Waals surface area contributed by atoms with E-state index in [0.717, 1.165) is 74.2 Å². The van der Waals surface area contributed by atoms with Crippen molar-refractivity contribution in [3.63, 3.8) is 0 Å². The van der Waals surface area contributed by atoms with Gasteiger partial charge in [0.15, 0.2) is 0 Å². The van der Waals surface area contributed by atoms with E-state index >= 15 is 8.78 Å². The summed E-state index contributed by atoms with van der Waals surface area (Å²) in [4.78, 5) is 3.73. The number of nitrogens with zero attached hydrogens (tertiary/aromatic N) is 3. The van der Waals surface area contributed by atoms with Gasteiger partial charge in [0.25, 0.3) is 10.0 Å². The van der Waals surface area contributed by atoms with Crippen molar-refractivity contribution in [3.8, 4) is 11.3 Å². The molecular formula is C29H31F3N6O3S. The van der Waals surface area contributed by atoms with E-state index in [-0.39, 0.29) is 23.0 Å². The van der Waals surface area contributed by atoms with Gasteiger partial charge >= 0.3 is 0 Å². The van der Waals surface area contributed by atoms with Crippen LogP contribution in [-0.4, -0.2) is 48.5 Å². The zero-order valence-electron chi connectivity index (χ0n) is 22.9. The van der Waals surface area contributed by atoms with Crippen LogP contribution in [0.15, 0.2) is 47.5 Å². The van der Waals surface area contributed by atoms with Crippen molar-refractivity contribution < 1.29 is 26.3 Å². The average Bonchev–Trinajstić information content (AvgIpc) is 3.34. The Hall–Kier alpha value is -3.68. The zero-order chi connectivity index (χ0) is 29.6. The van der Waals surface area contributed by atoms with Crippen LogP contribution in [0.25, 0.3) is 22.2 Å².